The van der Waals surface area contributed by atoms with Gasteiger partial charge in [0.2, 0.25) is 17.7 Å². The zero-order valence-corrected chi connectivity index (χ0v) is 20.6. The number of Topliss-reactive ketones (excluding diaryl/α,β-unsaturated/α-hetero) is 1. The van der Waals surface area contributed by atoms with Crippen LogP contribution in [0.5, 0.6) is 0 Å². The molecule has 1 fully saturated rings. The van der Waals surface area contributed by atoms with Crippen molar-refractivity contribution >= 4 is 23.5 Å². The van der Waals surface area contributed by atoms with E-state index in [0.717, 1.165) is 12.8 Å². The third-order valence-corrected chi connectivity index (χ3v) is 5.86. The van der Waals surface area contributed by atoms with Gasteiger partial charge in [0.1, 0.15) is 17.9 Å². The van der Waals surface area contributed by atoms with Crippen LogP contribution >= 0.6 is 0 Å². The van der Waals surface area contributed by atoms with Crippen molar-refractivity contribution < 1.29 is 19.2 Å². The van der Waals surface area contributed by atoms with Gasteiger partial charge in [0.15, 0.2) is 0 Å². The van der Waals surface area contributed by atoms with Gasteiger partial charge in [0, 0.05) is 26.1 Å². The Morgan fingerprint density at radius 1 is 1.09 bits per heavy atom. The average molecular weight is 451 g/mol. The first-order chi connectivity index (χ1) is 15.1. The van der Waals surface area contributed by atoms with Crippen molar-refractivity contribution in [3.05, 3.63) is 12.2 Å². The molecule has 0 saturated carbocycles. The van der Waals surface area contributed by atoms with Crippen LogP contribution in [-0.2, 0) is 19.2 Å². The Morgan fingerprint density at radius 3 is 2.34 bits per heavy atom. The predicted octanol–water partition coefficient (Wildman–Crippen LogP) is 1.79. The molecule has 0 spiro atoms. The molecule has 1 heterocycles. The minimum Gasteiger partial charge on any atom is -0.357 e. The SMILES string of the molecule is CNC(=O)[C@H](CCCC(C)=O)NC(=O)C1CCCN1C(=O)[C@@H](C)/C=C/[C@H](CC(C)C)NC. The number of amides is 3. The van der Waals surface area contributed by atoms with Crippen molar-refractivity contribution in [2.45, 2.75) is 84.3 Å². The molecule has 1 saturated heterocycles. The Bertz CT molecular complexity index is 677. The first-order valence-corrected chi connectivity index (χ1v) is 11.8. The second-order valence-electron chi connectivity index (χ2n) is 9.16. The van der Waals surface area contributed by atoms with Crippen LogP contribution in [0.1, 0.15) is 66.2 Å². The van der Waals surface area contributed by atoms with E-state index in [-0.39, 0.29) is 35.5 Å². The quantitative estimate of drug-likeness (QED) is 0.371. The molecule has 4 atom stereocenters. The van der Waals surface area contributed by atoms with Crippen LogP contribution in [0.4, 0.5) is 0 Å². The number of carbonyl (C=O) groups is 4. The zero-order valence-electron chi connectivity index (χ0n) is 20.6. The zero-order chi connectivity index (χ0) is 24.3. The summed E-state index contributed by atoms with van der Waals surface area (Å²) in [7, 11) is 3.42. The van der Waals surface area contributed by atoms with Crippen molar-refractivity contribution in [1.29, 1.82) is 0 Å². The fourth-order valence-electron chi connectivity index (χ4n) is 4.01. The maximum Gasteiger partial charge on any atom is 0.243 e. The van der Waals surface area contributed by atoms with Crippen LogP contribution in [0.15, 0.2) is 12.2 Å². The number of rotatable bonds is 13. The van der Waals surface area contributed by atoms with Gasteiger partial charge in [-0.2, -0.15) is 0 Å². The highest BCUT2D eigenvalue weighted by Gasteiger charge is 2.36. The Kier molecular flexibility index (Phi) is 12.2. The van der Waals surface area contributed by atoms with E-state index in [9.17, 15) is 19.2 Å². The molecule has 1 aliphatic rings. The van der Waals surface area contributed by atoms with E-state index in [4.69, 9.17) is 0 Å². The van der Waals surface area contributed by atoms with E-state index in [1.807, 2.05) is 26.1 Å². The van der Waals surface area contributed by atoms with Crippen LogP contribution < -0.4 is 16.0 Å². The molecule has 0 radical (unpaired) electrons. The molecule has 1 unspecified atom stereocenters. The summed E-state index contributed by atoms with van der Waals surface area (Å²) >= 11 is 0. The lowest BCUT2D eigenvalue weighted by Gasteiger charge is -2.28. The number of carbonyl (C=O) groups excluding carboxylic acids is 4. The summed E-state index contributed by atoms with van der Waals surface area (Å²) in [5.74, 6) is -0.425. The van der Waals surface area contributed by atoms with Crippen molar-refractivity contribution in [3.63, 3.8) is 0 Å². The number of likely N-dealkylation sites (N-methyl/N-ethyl adjacent to an activating group) is 2. The van der Waals surface area contributed by atoms with Gasteiger partial charge in [-0.25, -0.2) is 0 Å². The minimum absolute atomic E-state index is 0.0514. The van der Waals surface area contributed by atoms with Gasteiger partial charge in [-0.15, -0.1) is 0 Å². The van der Waals surface area contributed by atoms with E-state index >= 15 is 0 Å². The molecule has 32 heavy (non-hydrogen) atoms. The van der Waals surface area contributed by atoms with Gasteiger partial charge in [0.25, 0.3) is 0 Å². The van der Waals surface area contributed by atoms with Gasteiger partial charge in [-0.3, -0.25) is 14.4 Å². The summed E-state index contributed by atoms with van der Waals surface area (Å²) in [6, 6.07) is -1.09. The summed E-state index contributed by atoms with van der Waals surface area (Å²) in [6.07, 6.45) is 7.52. The first kappa shape index (κ1) is 27.8. The van der Waals surface area contributed by atoms with Crippen molar-refractivity contribution in [2.24, 2.45) is 11.8 Å². The molecule has 3 N–H and O–H groups in total. The predicted molar refractivity (Wildman–Crippen MR) is 126 cm³/mol. The number of likely N-dealkylation sites (tertiary alicyclic amines) is 1. The monoisotopic (exact) mass is 450 g/mol. The average Bonchev–Trinajstić information content (AvgIpc) is 3.23. The molecule has 182 valence electrons. The van der Waals surface area contributed by atoms with E-state index in [2.05, 4.69) is 29.8 Å². The highest BCUT2D eigenvalue weighted by Crippen LogP contribution is 2.21. The summed E-state index contributed by atoms with van der Waals surface area (Å²) in [6.45, 7) is 8.21. The van der Waals surface area contributed by atoms with Gasteiger partial charge in [0.05, 0.1) is 5.92 Å². The van der Waals surface area contributed by atoms with Crippen molar-refractivity contribution in [3.8, 4) is 0 Å². The Labute approximate surface area is 192 Å². The van der Waals surface area contributed by atoms with Gasteiger partial charge < -0.3 is 25.6 Å². The maximum absolute atomic E-state index is 13.1. The summed E-state index contributed by atoms with van der Waals surface area (Å²) in [5, 5.41) is 8.62. The summed E-state index contributed by atoms with van der Waals surface area (Å²) in [5.41, 5.74) is 0. The molecule has 1 rings (SSSR count). The highest BCUT2D eigenvalue weighted by atomic mass is 16.2. The highest BCUT2D eigenvalue weighted by molar-refractivity contribution is 5.93. The minimum atomic E-state index is -0.714. The lowest BCUT2D eigenvalue weighted by molar-refractivity contribution is -0.141. The molecular weight excluding hydrogens is 408 g/mol. The van der Waals surface area contributed by atoms with E-state index in [1.54, 1.807) is 4.90 Å². The van der Waals surface area contributed by atoms with Crippen LogP contribution in [-0.4, -0.2) is 67.2 Å². The van der Waals surface area contributed by atoms with Gasteiger partial charge in [-0.1, -0.05) is 32.9 Å². The fraction of sp³-hybridized carbons (Fsp3) is 0.750. The van der Waals surface area contributed by atoms with Gasteiger partial charge in [-0.05, 0) is 52.0 Å². The van der Waals surface area contributed by atoms with E-state index < -0.39 is 12.1 Å². The standard InChI is InChI=1S/C24H42N4O4/c1-16(2)15-19(25-5)13-12-17(3)24(32)28-14-8-11-21(28)23(31)27-20(22(30)26-6)10-7-9-18(4)29/h12-13,16-17,19-21,25H,7-11,14-15H2,1-6H3,(H,26,30)(H,27,31)/b13-12+/t17-,19+,20-,21?/m0/s1. The molecule has 0 aromatic heterocycles. The van der Waals surface area contributed by atoms with Crippen molar-refractivity contribution in [2.75, 3.05) is 20.6 Å². The van der Waals surface area contributed by atoms with Crippen molar-refractivity contribution in [1.82, 2.24) is 20.9 Å². The lowest BCUT2D eigenvalue weighted by Crippen LogP contribution is -2.53. The molecule has 0 bridgehead atoms. The van der Waals surface area contributed by atoms with E-state index in [0.29, 0.717) is 38.1 Å². The number of nitrogens with zero attached hydrogens (tertiary/aromatic N) is 1. The Hall–Kier alpha value is -2.22. The number of hydrogen-bond acceptors (Lipinski definition) is 5. The topological polar surface area (TPSA) is 108 Å². The van der Waals surface area contributed by atoms with Crippen LogP contribution in [0.3, 0.4) is 0 Å². The lowest BCUT2D eigenvalue weighted by atomic mass is 10.0. The molecule has 8 nitrogen and oxygen atoms in total. The molecule has 3 amide bonds. The van der Waals surface area contributed by atoms with Crippen LogP contribution in [0, 0.1) is 11.8 Å². The first-order valence-electron chi connectivity index (χ1n) is 11.8. The third kappa shape index (κ3) is 9.10. The Balaban J connectivity index is 2.78. The normalized spacial score (nSPS) is 19.1. The number of ketones is 1. The van der Waals surface area contributed by atoms with Crippen LogP contribution in [0.2, 0.25) is 0 Å². The number of nitrogens with one attached hydrogen (secondary N) is 3. The molecule has 0 aromatic rings. The van der Waals surface area contributed by atoms with E-state index in [1.165, 1.54) is 14.0 Å². The molecular formula is C24H42N4O4. The maximum atomic E-state index is 13.1. The largest absolute Gasteiger partial charge is 0.357 e. The third-order valence-electron chi connectivity index (χ3n) is 5.86. The van der Waals surface area contributed by atoms with Gasteiger partial charge >= 0.3 is 0 Å². The molecule has 0 aromatic carbocycles. The second-order valence-corrected chi connectivity index (χ2v) is 9.16. The molecule has 1 aliphatic heterocycles. The van der Waals surface area contributed by atoms with Crippen LogP contribution in [0.25, 0.3) is 0 Å². The molecule has 8 heteroatoms. The fourth-order valence-corrected chi connectivity index (χ4v) is 4.01. The summed E-state index contributed by atoms with van der Waals surface area (Å²) < 4.78 is 0. The summed E-state index contributed by atoms with van der Waals surface area (Å²) in [4.78, 5) is 51.1. The second kappa shape index (κ2) is 14.0. The molecule has 0 aliphatic carbocycles. The number of hydrogen-bond donors (Lipinski definition) is 3. The Morgan fingerprint density at radius 2 is 1.78 bits per heavy atom. The smallest absolute Gasteiger partial charge is 0.243 e.